The monoisotopic (exact) mass is 486 g/mol. The first-order chi connectivity index (χ1) is 17.2. The van der Waals surface area contributed by atoms with Gasteiger partial charge in [0.25, 0.3) is 5.91 Å². The molecule has 2 atom stereocenters. The molecule has 10 nitrogen and oxygen atoms in total. The molecular weight excluding hydrogens is 456 g/mol. The Labute approximate surface area is 209 Å². The number of amides is 2. The van der Waals surface area contributed by atoms with E-state index in [0.717, 1.165) is 25.2 Å². The van der Waals surface area contributed by atoms with Gasteiger partial charge in [0.2, 0.25) is 5.91 Å². The molecule has 0 spiro atoms. The van der Waals surface area contributed by atoms with Gasteiger partial charge < -0.3 is 26.6 Å². The average molecular weight is 487 g/mol. The number of benzene rings is 1. The number of aromatic nitrogens is 2. The Morgan fingerprint density at radius 2 is 1.94 bits per heavy atom. The Kier molecular flexibility index (Phi) is 5.80. The number of fused-ring (bicyclic) bond motifs is 1. The molecule has 2 aliphatic rings. The number of primary amides is 1. The van der Waals surface area contributed by atoms with Crippen molar-refractivity contribution in [1.82, 2.24) is 9.61 Å². The van der Waals surface area contributed by atoms with Crippen LogP contribution in [-0.2, 0) is 4.79 Å². The molecule has 5 N–H and O–H groups in total. The first-order valence-electron chi connectivity index (χ1n) is 12.1. The van der Waals surface area contributed by atoms with Gasteiger partial charge in [-0.1, -0.05) is 13.8 Å². The van der Waals surface area contributed by atoms with Gasteiger partial charge in [0.05, 0.1) is 52.5 Å². The van der Waals surface area contributed by atoms with Crippen LogP contribution in [0.15, 0.2) is 42.7 Å². The first-order valence-corrected chi connectivity index (χ1v) is 12.1. The zero-order valence-corrected chi connectivity index (χ0v) is 20.4. The number of nitrogens with one attached hydrogen (secondary N) is 1. The summed E-state index contributed by atoms with van der Waals surface area (Å²) in [7, 11) is 0. The number of piperidine rings is 1. The van der Waals surface area contributed by atoms with Crippen LogP contribution in [0.1, 0.15) is 42.6 Å². The van der Waals surface area contributed by atoms with Crippen molar-refractivity contribution in [2.45, 2.75) is 38.8 Å². The zero-order chi connectivity index (χ0) is 25.6. The Hall–Kier alpha value is -4.10. The van der Waals surface area contributed by atoms with Crippen molar-refractivity contribution in [3.63, 3.8) is 0 Å². The summed E-state index contributed by atoms with van der Waals surface area (Å²) in [5.41, 5.74) is 15.5. The van der Waals surface area contributed by atoms with Crippen LogP contribution >= 0.6 is 0 Å². The highest BCUT2D eigenvalue weighted by molar-refractivity contribution is 6.04. The van der Waals surface area contributed by atoms with E-state index in [-0.39, 0.29) is 17.4 Å². The summed E-state index contributed by atoms with van der Waals surface area (Å²) in [4.78, 5) is 28.8. The summed E-state index contributed by atoms with van der Waals surface area (Å²) >= 11 is 0. The van der Waals surface area contributed by atoms with Crippen molar-refractivity contribution in [3.05, 3.63) is 53.9 Å². The molecule has 10 heteroatoms. The van der Waals surface area contributed by atoms with Gasteiger partial charge in [-0.05, 0) is 43.2 Å². The second-order valence-corrected chi connectivity index (χ2v) is 10.3. The number of nitrogens with zero attached hydrogens (tertiary/aromatic N) is 5. The Morgan fingerprint density at radius 1 is 1.19 bits per heavy atom. The lowest BCUT2D eigenvalue weighted by molar-refractivity contribution is -0.118. The highest BCUT2D eigenvalue weighted by Gasteiger charge is 2.37. The molecule has 3 aromatic rings. The number of hydrogen-bond acceptors (Lipinski definition) is 7. The molecule has 0 saturated carbocycles. The van der Waals surface area contributed by atoms with E-state index in [1.54, 1.807) is 15.6 Å². The fraction of sp³-hybridized carbons (Fsp3) is 0.385. The van der Waals surface area contributed by atoms with E-state index < -0.39 is 11.9 Å². The van der Waals surface area contributed by atoms with Gasteiger partial charge in [0, 0.05) is 36.8 Å². The topological polar surface area (TPSA) is 146 Å². The fourth-order valence-electron chi connectivity index (χ4n) is 5.25. The third-order valence-electron chi connectivity index (χ3n) is 7.36. The molecule has 2 fully saturated rings. The Morgan fingerprint density at radius 3 is 2.56 bits per heavy atom. The molecule has 2 saturated heterocycles. The van der Waals surface area contributed by atoms with Crippen molar-refractivity contribution in [2.24, 2.45) is 16.9 Å². The Balaban J connectivity index is 1.44. The van der Waals surface area contributed by atoms with Gasteiger partial charge in [-0.2, -0.15) is 10.4 Å². The van der Waals surface area contributed by atoms with Gasteiger partial charge in [-0.25, -0.2) is 4.52 Å². The second kappa shape index (κ2) is 8.84. The van der Waals surface area contributed by atoms with Gasteiger partial charge in [-0.3, -0.25) is 9.59 Å². The molecule has 4 heterocycles. The zero-order valence-electron chi connectivity index (χ0n) is 20.4. The lowest BCUT2D eigenvalue weighted by Gasteiger charge is -2.46. The van der Waals surface area contributed by atoms with E-state index in [1.165, 1.54) is 6.20 Å². The number of nitriles is 1. The summed E-state index contributed by atoms with van der Waals surface area (Å²) in [6.07, 6.45) is 4.67. The first kappa shape index (κ1) is 23.6. The van der Waals surface area contributed by atoms with E-state index >= 15 is 0 Å². The normalized spacial score (nSPS) is 21.6. The highest BCUT2D eigenvalue weighted by Crippen LogP contribution is 2.37. The van der Waals surface area contributed by atoms with E-state index in [4.69, 9.17) is 16.7 Å². The average Bonchev–Trinajstić information content (AvgIpc) is 3.43. The maximum Gasteiger partial charge on any atom is 0.252 e. The molecule has 2 unspecified atom stereocenters. The lowest BCUT2D eigenvalue weighted by atomic mass is 9.78. The van der Waals surface area contributed by atoms with Crippen LogP contribution in [0.3, 0.4) is 0 Å². The third kappa shape index (κ3) is 4.12. The SMILES string of the molecule is CC1(C)CN(c2ccc(C#N)cc2)CCC1Nc1c(C(N)=O)cnn2cc(N3CCC(N)C3=O)cc12. The molecule has 2 amide bonds. The Bertz CT molecular complexity index is 1370. The largest absolute Gasteiger partial charge is 0.379 e. The molecule has 2 aromatic heterocycles. The smallest absolute Gasteiger partial charge is 0.252 e. The fourth-order valence-corrected chi connectivity index (χ4v) is 5.25. The number of carbonyl (C=O) groups is 2. The lowest BCUT2D eigenvalue weighted by Crippen LogP contribution is -2.52. The molecule has 0 aliphatic carbocycles. The minimum Gasteiger partial charge on any atom is -0.379 e. The molecule has 0 radical (unpaired) electrons. The molecule has 2 aliphatic heterocycles. The second-order valence-electron chi connectivity index (χ2n) is 10.3. The number of rotatable bonds is 5. The van der Waals surface area contributed by atoms with Crippen LogP contribution in [0.4, 0.5) is 17.1 Å². The number of hydrogen-bond donors (Lipinski definition) is 3. The van der Waals surface area contributed by atoms with Crippen LogP contribution < -0.4 is 26.6 Å². The third-order valence-corrected chi connectivity index (χ3v) is 7.36. The van der Waals surface area contributed by atoms with Crippen molar-refractivity contribution >= 4 is 34.4 Å². The van der Waals surface area contributed by atoms with Crippen molar-refractivity contribution < 1.29 is 9.59 Å². The molecule has 0 bridgehead atoms. The summed E-state index contributed by atoms with van der Waals surface area (Å²) in [5, 5.41) is 17.1. The predicted molar refractivity (Wildman–Crippen MR) is 138 cm³/mol. The highest BCUT2D eigenvalue weighted by atomic mass is 16.2. The molecule has 5 rings (SSSR count). The maximum atomic E-state index is 12.5. The summed E-state index contributed by atoms with van der Waals surface area (Å²) < 4.78 is 1.67. The van der Waals surface area contributed by atoms with Crippen molar-refractivity contribution in [2.75, 3.05) is 34.8 Å². The van der Waals surface area contributed by atoms with Crippen LogP contribution in [0, 0.1) is 16.7 Å². The van der Waals surface area contributed by atoms with Crippen LogP contribution in [0.25, 0.3) is 5.52 Å². The van der Waals surface area contributed by atoms with Gasteiger partial charge in [0.15, 0.2) is 0 Å². The molecular formula is C26H30N8O2. The molecule has 186 valence electrons. The standard InChI is InChI=1S/C26H30N8O2/c1-26(2)15-32(17-5-3-16(12-27)4-6-17)9-8-22(26)31-23-19(24(29)35)13-30-34-14-18(11-21(23)34)33-10-7-20(28)25(33)36/h3-6,11,13-14,20,22,31H,7-10,15,28H2,1-2H3,(H2,29,35). The number of carbonyl (C=O) groups excluding carboxylic acids is 2. The van der Waals surface area contributed by atoms with Crippen molar-refractivity contribution in [3.8, 4) is 6.07 Å². The minimum absolute atomic E-state index is 0.0524. The minimum atomic E-state index is -0.567. The predicted octanol–water partition coefficient (Wildman–Crippen LogP) is 2.09. The van der Waals surface area contributed by atoms with E-state index in [9.17, 15) is 9.59 Å². The molecule has 36 heavy (non-hydrogen) atoms. The van der Waals surface area contributed by atoms with Crippen LogP contribution in [0.5, 0.6) is 0 Å². The maximum absolute atomic E-state index is 12.5. The van der Waals surface area contributed by atoms with Gasteiger partial charge in [0.1, 0.15) is 0 Å². The quantitative estimate of drug-likeness (QED) is 0.500. The summed E-state index contributed by atoms with van der Waals surface area (Å²) in [5.74, 6) is -0.686. The van der Waals surface area contributed by atoms with Crippen LogP contribution in [-0.4, -0.2) is 53.1 Å². The van der Waals surface area contributed by atoms with Gasteiger partial charge in [-0.15, -0.1) is 0 Å². The van der Waals surface area contributed by atoms with E-state index in [0.29, 0.717) is 41.0 Å². The van der Waals surface area contributed by atoms with Crippen LogP contribution in [0.2, 0.25) is 0 Å². The number of anilines is 3. The summed E-state index contributed by atoms with van der Waals surface area (Å²) in [6.45, 7) is 6.53. The summed E-state index contributed by atoms with van der Waals surface area (Å²) in [6, 6.07) is 11.2. The van der Waals surface area contributed by atoms with Gasteiger partial charge >= 0.3 is 0 Å². The van der Waals surface area contributed by atoms with E-state index in [1.807, 2.05) is 30.3 Å². The van der Waals surface area contributed by atoms with Crippen molar-refractivity contribution in [1.29, 1.82) is 5.26 Å². The number of nitrogens with two attached hydrogens (primary N) is 2. The van der Waals surface area contributed by atoms with E-state index in [2.05, 4.69) is 35.2 Å². The molecule has 1 aromatic carbocycles.